The molecule has 46 heavy (non-hydrogen) atoms. The van der Waals surface area contributed by atoms with Gasteiger partial charge < -0.3 is 19.7 Å². The number of carbonyl (C=O) groups is 1. The molecule has 2 aliphatic rings. The van der Waals surface area contributed by atoms with Crippen molar-refractivity contribution in [2.24, 2.45) is 0 Å². The number of rotatable bonds is 4. The van der Waals surface area contributed by atoms with Crippen LogP contribution in [-0.4, -0.2) is 74.1 Å². The third-order valence-electron chi connectivity index (χ3n) is 9.47. The Morgan fingerprint density at radius 3 is 2.61 bits per heavy atom. The van der Waals surface area contributed by atoms with E-state index in [2.05, 4.69) is 21.4 Å². The Morgan fingerprint density at radius 1 is 1.09 bits per heavy atom. The van der Waals surface area contributed by atoms with Crippen molar-refractivity contribution in [3.05, 3.63) is 82.4 Å². The smallest absolute Gasteiger partial charge is 0.282 e. The largest absolute Gasteiger partial charge is 0.366 e. The molecule has 0 bridgehead atoms. The summed E-state index contributed by atoms with van der Waals surface area (Å²) < 4.78 is 18.3. The average Bonchev–Trinajstić information content (AvgIpc) is 3.50. The Kier molecular flexibility index (Phi) is 6.95. The number of H-pyrrole nitrogens is 1. The summed E-state index contributed by atoms with van der Waals surface area (Å²) in [7, 11) is 1.88. The number of fused-ring (bicyclic) bond motifs is 6. The lowest BCUT2D eigenvalue weighted by Gasteiger charge is -2.51. The molecule has 0 aliphatic carbocycles. The summed E-state index contributed by atoms with van der Waals surface area (Å²) >= 11 is 0. The molecule has 2 aliphatic heterocycles. The van der Waals surface area contributed by atoms with E-state index in [4.69, 9.17) is 9.97 Å². The van der Waals surface area contributed by atoms with Gasteiger partial charge in [0.05, 0.1) is 40.5 Å². The second kappa shape index (κ2) is 10.8. The maximum atomic E-state index is 16.6. The number of hydrogen-bond donors (Lipinski definition) is 1. The summed E-state index contributed by atoms with van der Waals surface area (Å²) in [4.78, 5) is 51.0. The topological polar surface area (TPSA) is 103 Å². The van der Waals surface area contributed by atoms with E-state index >= 15 is 4.39 Å². The van der Waals surface area contributed by atoms with Crippen molar-refractivity contribution in [2.45, 2.75) is 52.6 Å². The van der Waals surface area contributed by atoms with Gasteiger partial charge in [-0.05, 0) is 62.1 Å². The van der Waals surface area contributed by atoms with Crippen LogP contribution in [0.15, 0.2) is 54.2 Å². The maximum Gasteiger partial charge on any atom is 0.282 e. The molecule has 236 valence electrons. The molecule has 1 N–H and O–H groups in total. The number of nitrogens with one attached hydrogen (secondary N) is 1. The zero-order chi connectivity index (χ0) is 32.6. The third kappa shape index (κ3) is 4.32. The van der Waals surface area contributed by atoms with E-state index in [1.807, 2.05) is 69.7 Å². The van der Waals surface area contributed by atoms with E-state index in [-0.39, 0.29) is 35.2 Å². The van der Waals surface area contributed by atoms with Gasteiger partial charge in [0.15, 0.2) is 5.65 Å². The van der Waals surface area contributed by atoms with Crippen molar-refractivity contribution in [2.75, 3.05) is 36.5 Å². The molecule has 1 fully saturated rings. The zero-order valence-electron chi connectivity index (χ0n) is 26.9. The minimum Gasteiger partial charge on any atom is -0.366 e. The molecule has 4 aromatic heterocycles. The summed E-state index contributed by atoms with van der Waals surface area (Å²) in [5.41, 5.74) is 6.34. The quantitative estimate of drug-likeness (QED) is 0.274. The van der Waals surface area contributed by atoms with Gasteiger partial charge in [-0.3, -0.25) is 19.1 Å². The highest BCUT2D eigenvalue weighted by molar-refractivity contribution is 6.02. The van der Waals surface area contributed by atoms with Crippen LogP contribution < -0.4 is 15.4 Å². The summed E-state index contributed by atoms with van der Waals surface area (Å²) in [5, 5.41) is 0.521. The van der Waals surface area contributed by atoms with E-state index < -0.39 is 5.82 Å². The van der Waals surface area contributed by atoms with Crippen LogP contribution in [0.3, 0.4) is 0 Å². The Morgan fingerprint density at radius 2 is 1.87 bits per heavy atom. The fraction of sp³-hybridized carbons (Fsp3) is 0.343. The SMILES string of the molecule is C=CC(=O)N1CC2CN(C)c3c(c4cc(F)c(-c5c(C)ccc6[nH]cnc56)nc4n(-c4c(C)ccnc4C(C)C)c3=O)N2CC1C. The number of anilines is 2. The number of benzene rings is 1. The molecule has 0 saturated carbocycles. The van der Waals surface area contributed by atoms with Crippen molar-refractivity contribution < 1.29 is 9.18 Å². The molecular formula is C35H37FN8O2. The standard InChI is InChI=1S/C35H37FN8O2/c1-8-26(45)42-16-22-15-41(7)33-32(43(22)14-21(42)6)23-13-24(36)29(27-19(4)9-10-25-30(27)39-17-38-25)40-34(23)44(35(33)46)31-20(5)11-12-37-28(31)18(2)3/h8-13,17-18,21-22H,1,14-16H2,2-7H3,(H,38,39). The summed E-state index contributed by atoms with van der Waals surface area (Å²) in [6.07, 6.45) is 4.68. The number of aryl methyl sites for hydroxylation is 2. The van der Waals surface area contributed by atoms with Crippen molar-refractivity contribution in [1.82, 2.24) is 29.4 Å². The lowest BCUT2D eigenvalue weighted by Crippen LogP contribution is -2.64. The number of aromatic amines is 1. The Bertz CT molecular complexity index is 2130. The molecule has 6 heterocycles. The van der Waals surface area contributed by atoms with Crippen LogP contribution in [0.4, 0.5) is 15.8 Å². The second-order valence-corrected chi connectivity index (χ2v) is 12.8. The normalized spacial score (nSPS) is 18.0. The molecule has 7 rings (SSSR count). The van der Waals surface area contributed by atoms with Gasteiger partial charge in [-0.2, -0.15) is 0 Å². The first-order valence-electron chi connectivity index (χ1n) is 15.6. The monoisotopic (exact) mass is 620 g/mol. The predicted octanol–water partition coefficient (Wildman–Crippen LogP) is 5.24. The van der Waals surface area contributed by atoms with Crippen LogP contribution in [0.5, 0.6) is 0 Å². The van der Waals surface area contributed by atoms with Gasteiger partial charge in [-0.1, -0.05) is 26.5 Å². The summed E-state index contributed by atoms with van der Waals surface area (Å²) in [6.45, 7) is 15.1. The highest BCUT2D eigenvalue weighted by Crippen LogP contribution is 2.43. The van der Waals surface area contributed by atoms with Crippen LogP contribution in [0.25, 0.3) is 39.0 Å². The summed E-state index contributed by atoms with van der Waals surface area (Å²) in [6, 6.07) is 6.95. The molecule has 2 unspecified atom stereocenters. The van der Waals surface area contributed by atoms with E-state index in [9.17, 15) is 9.59 Å². The number of likely N-dealkylation sites (N-methyl/N-ethyl adjacent to an activating group) is 1. The molecule has 1 amide bonds. The van der Waals surface area contributed by atoms with Gasteiger partial charge in [0.1, 0.15) is 17.2 Å². The lowest BCUT2D eigenvalue weighted by molar-refractivity contribution is -0.128. The number of piperazine rings is 1. The fourth-order valence-corrected chi connectivity index (χ4v) is 7.26. The molecule has 0 radical (unpaired) electrons. The number of carbonyl (C=O) groups excluding carboxylic acids is 1. The summed E-state index contributed by atoms with van der Waals surface area (Å²) in [5.74, 6) is -0.635. The molecule has 1 saturated heterocycles. The van der Waals surface area contributed by atoms with Crippen molar-refractivity contribution in [1.29, 1.82) is 0 Å². The molecule has 2 atom stereocenters. The van der Waals surface area contributed by atoms with Crippen LogP contribution >= 0.6 is 0 Å². The van der Waals surface area contributed by atoms with Gasteiger partial charge in [-0.15, -0.1) is 0 Å². The van der Waals surface area contributed by atoms with Crippen molar-refractivity contribution >= 4 is 39.3 Å². The Balaban J connectivity index is 1.59. The molecule has 0 spiro atoms. The van der Waals surface area contributed by atoms with E-state index in [1.54, 1.807) is 17.1 Å². The first-order chi connectivity index (χ1) is 22.0. The van der Waals surface area contributed by atoms with E-state index in [0.29, 0.717) is 58.8 Å². The molecule has 11 heteroatoms. The van der Waals surface area contributed by atoms with Gasteiger partial charge >= 0.3 is 0 Å². The number of nitrogens with zero attached hydrogens (tertiary/aromatic N) is 7. The van der Waals surface area contributed by atoms with Crippen LogP contribution in [0, 0.1) is 19.7 Å². The van der Waals surface area contributed by atoms with Gasteiger partial charge in [0, 0.05) is 49.9 Å². The van der Waals surface area contributed by atoms with E-state index in [0.717, 1.165) is 22.3 Å². The predicted molar refractivity (Wildman–Crippen MR) is 180 cm³/mol. The second-order valence-electron chi connectivity index (χ2n) is 12.8. The minimum absolute atomic E-state index is 0.00582. The number of pyridine rings is 3. The van der Waals surface area contributed by atoms with Crippen molar-refractivity contribution in [3.63, 3.8) is 0 Å². The zero-order valence-corrected chi connectivity index (χ0v) is 26.9. The number of aromatic nitrogens is 5. The number of imidazole rings is 1. The highest BCUT2D eigenvalue weighted by atomic mass is 19.1. The van der Waals surface area contributed by atoms with E-state index in [1.165, 1.54) is 12.1 Å². The van der Waals surface area contributed by atoms with Crippen LogP contribution in [0.1, 0.15) is 43.5 Å². The molecule has 5 aromatic rings. The van der Waals surface area contributed by atoms with Crippen molar-refractivity contribution in [3.8, 4) is 16.9 Å². The molecule has 10 nitrogen and oxygen atoms in total. The van der Waals surface area contributed by atoms with Gasteiger partial charge in [0.25, 0.3) is 5.56 Å². The Labute approximate surface area is 266 Å². The Hall–Kier alpha value is -5.06. The van der Waals surface area contributed by atoms with Gasteiger partial charge in [-0.25, -0.2) is 14.4 Å². The van der Waals surface area contributed by atoms with Crippen LogP contribution in [-0.2, 0) is 4.79 Å². The average molecular weight is 621 g/mol. The molecule has 1 aromatic carbocycles. The number of hydrogen-bond acceptors (Lipinski definition) is 7. The highest BCUT2D eigenvalue weighted by Gasteiger charge is 2.41. The minimum atomic E-state index is -0.510. The fourth-order valence-electron chi connectivity index (χ4n) is 7.26. The lowest BCUT2D eigenvalue weighted by atomic mass is 9.98. The number of amides is 1. The van der Waals surface area contributed by atoms with Crippen LogP contribution in [0.2, 0.25) is 0 Å². The number of halogens is 1. The first kappa shape index (κ1) is 29.6. The maximum absolute atomic E-state index is 16.6. The third-order valence-corrected chi connectivity index (χ3v) is 9.47. The molecular weight excluding hydrogens is 583 g/mol. The van der Waals surface area contributed by atoms with Gasteiger partial charge in [0.2, 0.25) is 5.91 Å². The first-order valence-corrected chi connectivity index (χ1v) is 15.6.